The third-order valence-electron chi connectivity index (χ3n) is 4.57. The molecule has 6 nitrogen and oxygen atoms in total. The van der Waals surface area contributed by atoms with Gasteiger partial charge in [-0.15, -0.1) is 12.3 Å². The summed E-state index contributed by atoms with van der Waals surface area (Å²) in [6, 6.07) is 9.00. The van der Waals surface area contributed by atoms with Gasteiger partial charge in [-0.2, -0.15) is 13.2 Å². The molecule has 30 heavy (non-hydrogen) atoms. The monoisotopic (exact) mass is 415 g/mol. The Morgan fingerprint density at radius 2 is 2.00 bits per heavy atom. The number of terminal acetylenes is 1. The smallest absolute Gasteiger partial charge is 0.364 e. The van der Waals surface area contributed by atoms with E-state index in [0.717, 1.165) is 11.0 Å². The largest absolute Gasteiger partial charge is 0.406 e. The Morgan fingerprint density at radius 1 is 1.23 bits per heavy atom. The molecule has 0 saturated heterocycles. The van der Waals surface area contributed by atoms with Crippen molar-refractivity contribution in [1.29, 1.82) is 0 Å². The SMILES string of the molecule is C#CCCn1c(CN(C)c2cnccc2N(C=O)CC(F)(F)F)nc2ccccc21. The Kier molecular flexibility index (Phi) is 6.26. The molecule has 0 spiro atoms. The Bertz CT molecular complexity index is 1070. The maximum atomic E-state index is 12.9. The fraction of sp³-hybridized carbons (Fsp3) is 0.286. The Balaban J connectivity index is 1.95. The lowest BCUT2D eigenvalue weighted by molar-refractivity contribution is -0.126. The van der Waals surface area contributed by atoms with Crippen molar-refractivity contribution in [3.05, 3.63) is 48.5 Å². The van der Waals surface area contributed by atoms with Gasteiger partial charge in [0.25, 0.3) is 0 Å². The fourth-order valence-electron chi connectivity index (χ4n) is 3.26. The van der Waals surface area contributed by atoms with E-state index in [9.17, 15) is 18.0 Å². The van der Waals surface area contributed by atoms with Crippen molar-refractivity contribution in [2.75, 3.05) is 23.4 Å². The van der Waals surface area contributed by atoms with Gasteiger partial charge in [-0.1, -0.05) is 12.1 Å². The minimum Gasteiger partial charge on any atom is -0.364 e. The molecular formula is C21H20F3N5O. The molecule has 0 aliphatic heterocycles. The van der Waals surface area contributed by atoms with Crippen LogP contribution in [0.25, 0.3) is 11.0 Å². The number of aryl methyl sites for hydroxylation is 1. The van der Waals surface area contributed by atoms with Gasteiger partial charge in [0.05, 0.1) is 35.1 Å². The number of alkyl halides is 3. The Morgan fingerprint density at radius 3 is 2.70 bits per heavy atom. The summed E-state index contributed by atoms with van der Waals surface area (Å²) in [6.45, 7) is -0.534. The molecule has 156 valence electrons. The highest BCUT2D eigenvalue weighted by atomic mass is 19.4. The van der Waals surface area contributed by atoms with E-state index < -0.39 is 12.7 Å². The van der Waals surface area contributed by atoms with Crippen molar-refractivity contribution in [3.8, 4) is 12.3 Å². The van der Waals surface area contributed by atoms with E-state index in [0.29, 0.717) is 29.4 Å². The number of anilines is 2. The summed E-state index contributed by atoms with van der Waals surface area (Å²) in [6.07, 6.45) is 4.35. The standard InChI is InChI=1S/C21H20F3N5O/c1-3-4-11-29-17-8-6-5-7-16(17)26-20(29)13-27(2)19-12-25-10-9-18(19)28(15-30)14-21(22,23)24/h1,5-10,12,15H,4,11,13-14H2,2H3. The molecule has 0 bridgehead atoms. The lowest BCUT2D eigenvalue weighted by Gasteiger charge is -2.27. The van der Waals surface area contributed by atoms with Crippen LogP contribution >= 0.6 is 0 Å². The van der Waals surface area contributed by atoms with Gasteiger partial charge in [-0.05, 0) is 18.2 Å². The third kappa shape index (κ3) is 4.71. The number of fused-ring (bicyclic) bond motifs is 1. The zero-order valence-corrected chi connectivity index (χ0v) is 16.3. The predicted molar refractivity (Wildman–Crippen MR) is 109 cm³/mol. The summed E-state index contributed by atoms with van der Waals surface area (Å²) in [5, 5.41) is 0. The first-order valence-corrected chi connectivity index (χ1v) is 9.15. The number of rotatable bonds is 8. The van der Waals surface area contributed by atoms with Gasteiger partial charge < -0.3 is 14.4 Å². The summed E-state index contributed by atoms with van der Waals surface area (Å²) in [7, 11) is 1.71. The van der Waals surface area contributed by atoms with Gasteiger partial charge in [0.1, 0.15) is 12.4 Å². The number of aromatic nitrogens is 3. The lowest BCUT2D eigenvalue weighted by Crippen LogP contribution is -2.34. The molecule has 1 amide bonds. The minimum atomic E-state index is -4.52. The van der Waals surface area contributed by atoms with Crippen LogP contribution < -0.4 is 9.80 Å². The van der Waals surface area contributed by atoms with Crippen LogP contribution in [0.1, 0.15) is 12.2 Å². The maximum Gasteiger partial charge on any atom is 0.406 e. The molecule has 0 aliphatic carbocycles. The average Bonchev–Trinajstić information content (AvgIpc) is 3.06. The number of benzene rings is 1. The normalized spacial score (nSPS) is 11.3. The molecule has 9 heteroatoms. The molecule has 0 fully saturated rings. The maximum absolute atomic E-state index is 12.9. The van der Waals surface area contributed by atoms with E-state index >= 15 is 0 Å². The highest BCUT2D eigenvalue weighted by molar-refractivity contribution is 5.83. The van der Waals surface area contributed by atoms with E-state index in [2.05, 4.69) is 15.9 Å². The number of hydrogen-bond donors (Lipinski definition) is 0. The molecular weight excluding hydrogens is 395 g/mol. The molecule has 1 aromatic carbocycles. The molecule has 0 N–H and O–H groups in total. The summed E-state index contributed by atoms with van der Waals surface area (Å²) in [5.74, 6) is 3.32. The van der Waals surface area contributed by atoms with Gasteiger partial charge in [-0.25, -0.2) is 4.98 Å². The van der Waals surface area contributed by atoms with Crippen LogP contribution in [0.2, 0.25) is 0 Å². The molecule has 0 aliphatic rings. The van der Waals surface area contributed by atoms with Gasteiger partial charge >= 0.3 is 6.18 Å². The Labute approximate surface area is 171 Å². The molecule has 2 heterocycles. The van der Waals surface area contributed by atoms with Crippen molar-refractivity contribution in [3.63, 3.8) is 0 Å². The number of hydrogen-bond acceptors (Lipinski definition) is 4. The minimum absolute atomic E-state index is 0.117. The lowest BCUT2D eigenvalue weighted by atomic mass is 10.2. The zero-order chi connectivity index (χ0) is 21.7. The number of halogens is 3. The quantitative estimate of drug-likeness (QED) is 0.417. The highest BCUT2D eigenvalue weighted by Crippen LogP contribution is 2.30. The fourth-order valence-corrected chi connectivity index (χ4v) is 3.26. The van der Waals surface area contributed by atoms with Crippen LogP contribution in [0.3, 0.4) is 0 Å². The summed E-state index contributed by atoms with van der Waals surface area (Å²) in [5.41, 5.74) is 2.22. The van der Waals surface area contributed by atoms with E-state index in [4.69, 9.17) is 6.42 Å². The molecule has 0 radical (unpaired) electrons. The molecule has 0 unspecified atom stereocenters. The van der Waals surface area contributed by atoms with Crippen molar-refractivity contribution >= 4 is 28.8 Å². The van der Waals surface area contributed by atoms with Crippen molar-refractivity contribution in [2.24, 2.45) is 0 Å². The van der Waals surface area contributed by atoms with Crippen molar-refractivity contribution in [1.82, 2.24) is 14.5 Å². The third-order valence-corrected chi connectivity index (χ3v) is 4.57. The second kappa shape index (κ2) is 8.86. The first-order chi connectivity index (χ1) is 14.3. The molecule has 0 atom stereocenters. The van der Waals surface area contributed by atoms with Gasteiger partial charge in [0.2, 0.25) is 6.41 Å². The van der Waals surface area contributed by atoms with E-state index in [-0.39, 0.29) is 18.6 Å². The van der Waals surface area contributed by atoms with E-state index in [1.165, 1.54) is 18.5 Å². The summed E-state index contributed by atoms with van der Waals surface area (Å²) < 4.78 is 40.7. The second-order valence-electron chi connectivity index (χ2n) is 6.69. The van der Waals surface area contributed by atoms with Crippen molar-refractivity contribution < 1.29 is 18.0 Å². The molecule has 3 rings (SSSR count). The van der Waals surface area contributed by atoms with Crippen LogP contribution in [-0.2, 0) is 17.9 Å². The average molecular weight is 415 g/mol. The highest BCUT2D eigenvalue weighted by Gasteiger charge is 2.32. The summed E-state index contributed by atoms with van der Waals surface area (Å²) >= 11 is 0. The Hall–Kier alpha value is -3.54. The number of imidazole rings is 1. The van der Waals surface area contributed by atoms with Crippen molar-refractivity contribution in [2.45, 2.75) is 25.7 Å². The van der Waals surface area contributed by atoms with Gasteiger partial charge in [0, 0.05) is 26.2 Å². The second-order valence-corrected chi connectivity index (χ2v) is 6.69. The van der Waals surface area contributed by atoms with Crippen LogP contribution in [0.5, 0.6) is 0 Å². The van der Waals surface area contributed by atoms with Crippen LogP contribution in [0.4, 0.5) is 24.5 Å². The van der Waals surface area contributed by atoms with Gasteiger partial charge in [-0.3, -0.25) is 9.78 Å². The number of amides is 1. The zero-order valence-electron chi connectivity index (χ0n) is 16.3. The number of para-hydroxylation sites is 2. The summed E-state index contributed by atoms with van der Waals surface area (Å²) in [4.78, 5) is 22.4. The van der Waals surface area contributed by atoms with Crippen LogP contribution in [-0.4, -0.2) is 40.7 Å². The van der Waals surface area contributed by atoms with Crippen LogP contribution in [0.15, 0.2) is 42.7 Å². The van der Waals surface area contributed by atoms with E-state index in [1.807, 2.05) is 28.8 Å². The molecule has 3 aromatic rings. The molecule has 0 saturated carbocycles. The number of nitrogens with zero attached hydrogens (tertiary/aromatic N) is 5. The first-order valence-electron chi connectivity index (χ1n) is 9.15. The van der Waals surface area contributed by atoms with Gasteiger partial charge in [0.15, 0.2) is 0 Å². The van der Waals surface area contributed by atoms with Crippen LogP contribution in [0, 0.1) is 12.3 Å². The first kappa shape index (κ1) is 21.2. The topological polar surface area (TPSA) is 54.3 Å². The number of pyridine rings is 1. The van der Waals surface area contributed by atoms with E-state index in [1.54, 1.807) is 11.9 Å². The number of carbonyl (C=O) groups is 1. The number of carbonyl (C=O) groups excluding carboxylic acids is 1. The molecule has 2 aromatic heterocycles. The predicted octanol–water partition coefficient (Wildman–Crippen LogP) is 3.62.